The zero-order valence-corrected chi connectivity index (χ0v) is 16.3. The molecule has 2 N–H and O–H groups in total. The second-order valence-electron chi connectivity index (χ2n) is 6.06. The molecule has 0 fully saturated rings. The molecule has 3 aromatic rings. The summed E-state index contributed by atoms with van der Waals surface area (Å²) in [4.78, 5) is 11.9. The minimum atomic E-state index is -4.15. The largest absolute Gasteiger partial charge is 0.496 e. The van der Waals surface area contributed by atoms with Crippen LogP contribution in [0, 0.1) is 17.5 Å². The van der Waals surface area contributed by atoms with E-state index in [2.05, 4.69) is 10.0 Å². The second kappa shape index (κ2) is 8.46. The van der Waals surface area contributed by atoms with Crippen LogP contribution in [0.4, 0.5) is 24.5 Å². The molecule has 0 aliphatic carbocycles. The lowest BCUT2D eigenvalue weighted by Gasteiger charge is -2.11. The third kappa shape index (κ3) is 4.71. The average Bonchev–Trinajstić information content (AvgIpc) is 2.71. The predicted molar refractivity (Wildman–Crippen MR) is 105 cm³/mol. The molecule has 0 atom stereocenters. The smallest absolute Gasteiger partial charge is 0.261 e. The maximum absolute atomic E-state index is 13.4. The van der Waals surface area contributed by atoms with Gasteiger partial charge in [-0.1, -0.05) is 0 Å². The minimum Gasteiger partial charge on any atom is -0.496 e. The van der Waals surface area contributed by atoms with Gasteiger partial charge in [-0.15, -0.1) is 0 Å². The summed E-state index contributed by atoms with van der Waals surface area (Å²) < 4.78 is 71.6. The Morgan fingerprint density at radius 2 is 1.53 bits per heavy atom. The molecular formula is C20H15F3N2O4S. The first-order chi connectivity index (χ1) is 14.2. The van der Waals surface area contributed by atoms with Gasteiger partial charge in [-0.3, -0.25) is 9.52 Å². The van der Waals surface area contributed by atoms with Gasteiger partial charge in [-0.05, 0) is 60.7 Å². The van der Waals surface area contributed by atoms with Crippen LogP contribution in [0.2, 0.25) is 0 Å². The van der Waals surface area contributed by atoms with Gasteiger partial charge >= 0.3 is 0 Å². The lowest BCUT2D eigenvalue weighted by Crippen LogP contribution is -2.15. The Labute approximate surface area is 170 Å². The molecule has 6 nitrogen and oxygen atoms in total. The van der Waals surface area contributed by atoms with E-state index in [-0.39, 0.29) is 17.0 Å². The number of amides is 1. The topological polar surface area (TPSA) is 84.5 Å². The van der Waals surface area contributed by atoms with Gasteiger partial charge in [0.25, 0.3) is 15.9 Å². The number of benzene rings is 3. The number of nitrogens with one attached hydrogen (secondary N) is 2. The van der Waals surface area contributed by atoms with Crippen molar-refractivity contribution in [2.24, 2.45) is 0 Å². The third-order valence-corrected chi connectivity index (χ3v) is 5.38. The molecule has 156 valence electrons. The monoisotopic (exact) mass is 436 g/mol. The first-order valence-electron chi connectivity index (χ1n) is 8.42. The van der Waals surface area contributed by atoms with Gasteiger partial charge in [-0.25, -0.2) is 21.6 Å². The SMILES string of the molecule is COc1ccc(F)cc1C(=O)Nc1ccc(NS(=O)(=O)c2ccc(F)c(F)c2)cc1. The summed E-state index contributed by atoms with van der Waals surface area (Å²) in [6, 6.07) is 11.2. The summed E-state index contributed by atoms with van der Waals surface area (Å²) in [6.45, 7) is 0. The van der Waals surface area contributed by atoms with Crippen molar-refractivity contribution in [1.82, 2.24) is 0 Å². The van der Waals surface area contributed by atoms with E-state index in [1.54, 1.807) is 0 Å². The first kappa shape index (κ1) is 21.2. The molecular weight excluding hydrogens is 421 g/mol. The van der Waals surface area contributed by atoms with E-state index >= 15 is 0 Å². The lowest BCUT2D eigenvalue weighted by atomic mass is 10.1. The van der Waals surface area contributed by atoms with Gasteiger partial charge in [-0.2, -0.15) is 0 Å². The van der Waals surface area contributed by atoms with Gasteiger partial charge in [0.1, 0.15) is 11.6 Å². The molecule has 0 saturated heterocycles. The number of anilines is 2. The molecule has 3 rings (SSSR count). The molecule has 0 heterocycles. The number of methoxy groups -OCH3 is 1. The van der Waals surface area contributed by atoms with Crippen molar-refractivity contribution >= 4 is 27.3 Å². The number of rotatable bonds is 6. The predicted octanol–water partition coefficient (Wildman–Crippen LogP) is 4.17. The Morgan fingerprint density at radius 1 is 0.867 bits per heavy atom. The molecule has 0 aliphatic rings. The van der Waals surface area contributed by atoms with E-state index in [0.717, 1.165) is 18.2 Å². The van der Waals surface area contributed by atoms with Crippen molar-refractivity contribution in [3.63, 3.8) is 0 Å². The van der Waals surface area contributed by atoms with Crippen LogP contribution in [0.25, 0.3) is 0 Å². The average molecular weight is 436 g/mol. The number of ether oxygens (including phenoxy) is 1. The Morgan fingerprint density at radius 3 is 2.17 bits per heavy atom. The molecule has 0 unspecified atom stereocenters. The highest BCUT2D eigenvalue weighted by Crippen LogP contribution is 2.23. The third-order valence-electron chi connectivity index (χ3n) is 4.00. The fourth-order valence-corrected chi connectivity index (χ4v) is 3.61. The first-order valence-corrected chi connectivity index (χ1v) is 9.91. The van der Waals surface area contributed by atoms with Crippen molar-refractivity contribution in [2.75, 3.05) is 17.1 Å². The standard InChI is InChI=1S/C20H15F3N2O4S/c1-29-19-9-2-12(21)10-16(19)20(26)24-13-3-5-14(6-4-13)25-30(27,28)15-7-8-17(22)18(23)11-15/h2-11,25H,1H3,(H,24,26). The molecule has 0 bridgehead atoms. The number of carbonyl (C=O) groups excluding carboxylic acids is 1. The Kier molecular flexibility index (Phi) is 5.97. The summed E-state index contributed by atoms with van der Waals surface area (Å²) in [6.07, 6.45) is 0. The summed E-state index contributed by atoms with van der Waals surface area (Å²) in [7, 11) is -2.80. The van der Waals surface area contributed by atoms with Gasteiger partial charge in [0, 0.05) is 11.4 Å². The van der Waals surface area contributed by atoms with Crippen LogP contribution in [-0.2, 0) is 10.0 Å². The Hall–Kier alpha value is -3.53. The molecule has 0 radical (unpaired) electrons. The highest BCUT2D eigenvalue weighted by atomic mass is 32.2. The van der Waals surface area contributed by atoms with Crippen LogP contribution in [0.1, 0.15) is 10.4 Å². The lowest BCUT2D eigenvalue weighted by molar-refractivity contribution is 0.102. The second-order valence-corrected chi connectivity index (χ2v) is 7.74. The number of hydrogen-bond donors (Lipinski definition) is 2. The van der Waals surface area contributed by atoms with E-state index in [1.165, 1.54) is 37.4 Å². The normalized spacial score (nSPS) is 11.1. The van der Waals surface area contributed by atoms with Crippen molar-refractivity contribution in [2.45, 2.75) is 4.90 Å². The zero-order valence-electron chi connectivity index (χ0n) is 15.4. The molecule has 0 aliphatic heterocycles. The fourth-order valence-electron chi connectivity index (χ4n) is 2.54. The van der Waals surface area contributed by atoms with Crippen LogP contribution >= 0.6 is 0 Å². The molecule has 30 heavy (non-hydrogen) atoms. The summed E-state index contributed by atoms with van der Waals surface area (Å²) >= 11 is 0. The van der Waals surface area contributed by atoms with Gasteiger partial charge in [0.15, 0.2) is 11.6 Å². The van der Waals surface area contributed by atoms with Gasteiger partial charge in [0.05, 0.1) is 17.6 Å². The van der Waals surface area contributed by atoms with E-state index < -0.39 is 38.3 Å². The number of halogens is 3. The molecule has 0 aromatic heterocycles. The Balaban J connectivity index is 1.74. The summed E-state index contributed by atoms with van der Waals surface area (Å²) in [5.41, 5.74) is 0.420. The number of carbonyl (C=O) groups is 1. The van der Waals surface area contributed by atoms with Crippen LogP contribution in [0.5, 0.6) is 5.75 Å². The van der Waals surface area contributed by atoms with Crippen LogP contribution in [-0.4, -0.2) is 21.4 Å². The van der Waals surface area contributed by atoms with Crippen molar-refractivity contribution < 1.29 is 31.1 Å². The van der Waals surface area contributed by atoms with Gasteiger partial charge in [0.2, 0.25) is 0 Å². The maximum atomic E-state index is 13.4. The van der Waals surface area contributed by atoms with Crippen molar-refractivity contribution in [1.29, 1.82) is 0 Å². The number of sulfonamides is 1. The highest BCUT2D eigenvalue weighted by Gasteiger charge is 2.17. The summed E-state index contributed by atoms with van der Waals surface area (Å²) in [5.74, 6) is -3.50. The Bertz CT molecular complexity index is 1200. The van der Waals surface area contributed by atoms with Crippen LogP contribution in [0.15, 0.2) is 65.6 Å². The van der Waals surface area contributed by atoms with Crippen LogP contribution in [0.3, 0.4) is 0 Å². The molecule has 0 saturated carbocycles. The van der Waals surface area contributed by atoms with Gasteiger partial charge < -0.3 is 10.1 Å². The van der Waals surface area contributed by atoms with E-state index in [4.69, 9.17) is 4.74 Å². The summed E-state index contributed by atoms with van der Waals surface area (Å²) in [5, 5.41) is 2.54. The maximum Gasteiger partial charge on any atom is 0.261 e. The quantitative estimate of drug-likeness (QED) is 0.608. The number of hydrogen-bond acceptors (Lipinski definition) is 4. The van der Waals surface area contributed by atoms with E-state index in [9.17, 15) is 26.4 Å². The van der Waals surface area contributed by atoms with Crippen LogP contribution < -0.4 is 14.8 Å². The zero-order chi connectivity index (χ0) is 21.9. The molecule has 3 aromatic carbocycles. The minimum absolute atomic E-state index is 0.0133. The van der Waals surface area contributed by atoms with Crippen molar-refractivity contribution in [3.05, 3.63) is 83.7 Å². The van der Waals surface area contributed by atoms with Crippen molar-refractivity contribution in [3.8, 4) is 5.75 Å². The van der Waals surface area contributed by atoms with E-state index in [1.807, 2.05) is 0 Å². The van der Waals surface area contributed by atoms with E-state index in [0.29, 0.717) is 17.8 Å². The molecule has 1 amide bonds. The molecule has 0 spiro atoms. The molecule has 10 heteroatoms. The highest BCUT2D eigenvalue weighted by molar-refractivity contribution is 7.92. The fraction of sp³-hybridized carbons (Fsp3) is 0.0500.